The van der Waals surface area contributed by atoms with E-state index in [0.717, 1.165) is 5.88 Å². The van der Waals surface area contributed by atoms with Crippen LogP contribution < -0.4 is 4.90 Å². The molecular formula is C8H13NO2. The minimum atomic E-state index is -0.524. The number of aliphatic hydroxyl groups is 1. The van der Waals surface area contributed by atoms with Gasteiger partial charge in [-0.25, -0.2) is 0 Å². The Bertz CT molecular complexity index is 205. The number of hydrogen-bond donors (Lipinski definition) is 1. The van der Waals surface area contributed by atoms with Crippen LogP contribution in [0.25, 0.3) is 0 Å². The van der Waals surface area contributed by atoms with E-state index in [1.807, 2.05) is 25.1 Å². The van der Waals surface area contributed by atoms with Crippen LogP contribution in [0.2, 0.25) is 0 Å². The maximum atomic E-state index is 9.11. The SMILES string of the molecule is CC(O)c1ccc(N(C)C)o1. The highest BCUT2D eigenvalue weighted by molar-refractivity contribution is 5.34. The molecule has 0 aliphatic carbocycles. The van der Waals surface area contributed by atoms with Crippen molar-refractivity contribution in [1.82, 2.24) is 0 Å². The first-order valence-corrected chi connectivity index (χ1v) is 3.56. The van der Waals surface area contributed by atoms with Gasteiger partial charge >= 0.3 is 0 Å². The molecule has 0 bridgehead atoms. The maximum absolute atomic E-state index is 9.11. The van der Waals surface area contributed by atoms with E-state index in [1.54, 1.807) is 13.0 Å². The molecule has 1 unspecified atom stereocenters. The Labute approximate surface area is 66.2 Å². The third-order valence-electron chi connectivity index (χ3n) is 1.47. The molecule has 0 saturated heterocycles. The van der Waals surface area contributed by atoms with Gasteiger partial charge in [0.25, 0.3) is 0 Å². The van der Waals surface area contributed by atoms with Crippen molar-refractivity contribution in [2.75, 3.05) is 19.0 Å². The van der Waals surface area contributed by atoms with Gasteiger partial charge in [-0.1, -0.05) is 0 Å². The third kappa shape index (κ3) is 1.74. The van der Waals surface area contributed by atoms with Gasteiger partial charge in [-0.3, -0.25) is 0 Å². The summed E-state index contributed by atoms with van der Waals surface area (Å²) in [4.78, 5) is 1.85. The van der Waals surface area contributed by atoms with Gasteiger partial charge in [0.15, 0.2) is 5.88 Å². The summed E-state index contributed by atoms with van der Waals surface area (Å²) in [5, 5.41) is 9.11. The molecule has 0 aromatic carbocycles. The first-order valence-electron chi connectivity index (χ1n) is 3.56. The fraction of sp³-hybridized carbons (Fsp3) is 0.500. The second-order valence-corrected chi connectivity index (χ2v) is 2.75. The van der Waals surface area contributed by atoms with Crippen LogP contribution in [0, 0.1) is 0 Å². The molecule has 0 aliphatic heterocycles. The molecular weight excluding hydrogens is 142 g/mol. The number of nitrogens with zero attached hydrogens (tertiary/aromatic N) is 1. The zero-order chi connectivity index (χ0) is 8.43. The molecule has 0 spiro atoms. The minimum absolute atomic E-state index is 0.524. The number of anilines is 1. The summed E-state index contributed by atoms with van der Waals surface area (Å²) >= 11 is 0. The Balaban J connectivity index is 2.82. The molecule has 1 N–H and O–H groups in total. The Morgan fingerprint density at radius 2 is 2.09 bits per heavy atom. The lowest BCUT2D eigenvalue weighted by atomic mass is 10.3. The second-order valence-electron chi connectivity index (χ2n) is 2.75. The molecule has 0 saturated carbocycles. The fourth-order valence-corrected chi connectivity index (χ4v) is 0.807. The van der Waals surface area contributed by atoms with Crippen LogP contribution in [-0.2, 0) is 0 Å². The van der Waals surface area contributed by atoms with E-state index in [4.69, 9.17) is 9.52 Å². The standard InChI is InChI=1S/C8H13NO2/c1-6(10)7-4-5-8(11-7)9(2)3/h4-6,10H,1-3H3. The first kappa shape index (κ1) is 8.14. The summed E-state index contributed by atoms with van der Waals surface area (Å²) in [6.07, 6.45) is -0.524. The third-order valence-corrected chi connectivity index (χ3v) is 1.47. The van der Waals surface area contributed by atoms with Crippen LogP contribution in [0.3, 0.4) is 0 Å². The van der Waals surface area contributed by atoms with Gasteiger partial charge in [0.2, 0.25) is 0 Å². The topological polar surface area (TPSA) is 36.6 Å². The van der Waals surface area contributed by atoms with Crippen molar-refractivity contribution in [3.63, 3.8) is 0 Å². The largest absolute Gasteiger partial charge is 0.443 e. The Hall–Kier alpha value is -0.960. The molecule has 1 heterocycles. The summed E-state index contributed by atoms with van der Waals surface area (Å²) in [6.45, 7) is 1.68. The number of hydrogen-bond acceptors (Lipinski definition) is 3. The van der Waals surface area contributed by atoms with E-state index in [0.29, 0.717) is 5.76 Å². The molecule has 0 aliphatic rings. The smallest absolute Gasteiger partial charge is 0.195 e. The molecule has 3 heteroatoms. The molecule has 3 nitrogen and oxygen atoms in total. The second kappa shape index (κ2) is 2.96. The highest BCUT2D eigenvalue weighted by Gasteiger charge is 2.07. The van der Waals surface area contributed by atoms with E-state index in [-0.39, 0.29) is 0 Å². The lowest BCUT2D eigenvalue weighted by Gasteiger charge is -2.06. The molecule has 1 aromatic rings. The van der Waals surface area contributed by atoms with E-state index in [2.05, 4.69) is 0 Å². The number of furan rings is 1. The minimum Gasteiger partial charge on any atom is -0.443 e. The van der Waals surface area contributed by atoms with Gasteiger partial charge in [0, 0.05) is 20.2 Å². The van der Waals surface area contributed by atoms with Gasteiger partial charge in [-0.15, -0.1) is 0 Å². The van der Waals surface area contributed by atoms with Crippen LogP contribution in [0.4, 0.5) is 5.88 Å². The average molecular weight is 155 g/mol. The normalized spacial score (nSPS) is 13.1. The molecule has 1 rings (SSSR count). The maximum Gasteiger partial charge on any atom is 0.195 e. The van der Waals surface area contributed by atoms with Crippen LogP contribution in [0.5, 0.6) is 0 Å². The van der Waals surface area contributed by atoms with Crippen LogP contribution >= 0.6 is 0 Å². The number of rotatable bonds is 2. The first-order chi connectivity index (χ1) is 5.11. The highest BCUT2D eigenvalue weighted by Crippen LogP contribution is 2.20. The van der Waals surface area contributed by atoms with Crippen LogP contribution in [-0.4, -0.2) is 19.2 Å². The zero-order valence-corrected chi connectivity index (χ0v) is 7.03. The molecule has 0 radical (unpaired) electrons. The van der Waals surface area contributed by atoms with Gasteiger partial charge in [-0.2, -0.15) is 0 Å². The molecule has 62 valence electrons. The fourth-order valence-electron chi connectivity index (χ4n) is 0.807. The Morgan fingerprint density at radius 3 is 2.36 bits per heavy atom. The lowest BCUT2D eigenvalue weighted by Crippen LogP contribution is -2.06. The molecule has 1 aromatic heterocycles. The average Bonchev–Trinajstić information content (AvgIpc) is 2.33. The van der Waals surface area contributed by atoms with E-state index >= 15 is 0 Å². The van der Waals surface area contributed by atoms with Gasteiger partial charge in [-0.05, 0) is 13.0 Å². The monoisotopic (exact) mass is 155 g/mol. The van der Waals surface area contributed by atoms with Crippen molar-refractivity contribution in [2.45, 2.75) is 13.0 Å². The molecule has 1 atom stereocenters. The van der Waals surface area contributed by atoms with Crippen molar-refractivity contribution in [2.24, 2.45) is 0 Å². The summed E-state index contributed by atoms with van der Waals surface area (Å²) in [6, 6.07) is 3.61. The van der Waals surface area contributed by atoms with Crippen LogP contribution in [0.15, 0.2) is 16.5 Å². The summed E-state index contributed by atoms with van der Waals surface area (Å²) in [7, 11) is 3.79. The van der Waals surface area contributed by atoms with Crippen molar-refractivity contribution < 1.29 is 9.52 Å². The van der Waals surface area contributed by atoms with Crippen molar-refractivity contribution in [1.29, 1.82) is 0 Å². The predicted octanol–water partition coefficient (Wildman–Crippen LogP) is 1.40. The van der Waals surface area contributed by atoms with Crippen molar-refractivity contribution >= 4 is 5.88 Å². The molecule has 11 heavy (non-hydrogen) atoms. The van der Waals surface area contributed by atoms with Crippen LogP contribution in [0.1, 0.15) is 18.8 Å². The van der Waals surface area contributed by atoms with Crippen molar-refractivity contribution in [3.05, 3.63) is 17.9 Å². The lowest BCUT2D eigenvalue weighted by molar-refractivity contribution is 0.170. The molecule has 0 amide bonds. The van der Waals surface area contributed by atoms with Crippen molar-refractivity contribution in [3.8, 4) is 0 Å². The Morgan fingerprint density at radius 1 is 1.45 bits per heavy atom. The van der Waals surface area contributed by atoms with Gasteiger partial charge in [0.05, 0.1) is 0 Å². The van der Waals surface area contributed by atoms with Gasteiger partial charge < -0.3 is 14.4 Å². The summed E-state index contributed by atoms with van der Waals surface area (Å²) in [5.74, 6) is 1.37. The molecule has 0 fully saturated rings. The quantitative estimate of drug-likeness (QED) is 0.701. The Kier molecular flexibility index (Phi) is 2.19. The predicted molar refractivity (Wildman–Crippen MR) is 43.7 cm³/mol. The summed E-state index contributed by atoms with van der Waals surface area (Å²) in [5.41, 5.74) is 0. The van der Waals surface area contributed by atoms with Gasteiger partial charge in [0.1, 0.15) is 11.9 Å². The zero-order valence-electron chi connectivity index (χ0n) is 7.03. The van der Waals surface area contributed by atoms with E-state index in [9.17, 15) is 0 Å². The number of aliphatic hydroxyl groups excluding tert-OH is 1. The van der Waals surface area contributed by atoms with E-state index in [1.165, 1.54) is 0 Å². The highest BCUT2D eigenvalue weighted by atomic mass is 16.4. The van der Waals surface area contributed by atoms with E-state index < -0.39 is 6.10 Å². The summed E-state index contributed by atoms with van der Waals surface area (Å²) < 4.78 is 5.28.